The van der Waals surface area contributed by atoms with Crippen LogP contribution in [0.1, 0.15) is 158 Å². The molecular formula is C31H60. The smallest absolute Gasteiger partial charge is 0.0233 e. The van der Waals surface area contributed by atoms with Crippen molar-refractivity contribution in [3.63, 3.8) is 0 Å². The molecule has 2 rings (SSSR count). The van der Waals surface area contributed by atoms with Crippen LogP contribution in [0, 0.1) is 39.9 Å². The molecule has 0 nitrogen and oxygen atoms in total. The van der Waals surface area contributed by atoms with Crippen LogP contribution in [0.4, 0.5) is 0 Å². The molecule has 0 N–H and O–H groups in total. The molecule has 0 saturated heterocycles. The van der Waals surface area contributed by atoms with E-state index in [0.717, 1.165) is 23.7 Å². The van der Waals surface area contributed by atoms with Gasteiger partial charge >= 0.3 is 0 Å². The summed E-state index contributed by atoms with van der Waals surface area (Å²) in [5.41, 5.74) is 1.92. The minimum atomic E-state index is 0.591. The van der Waals surface area contributed by atoms with Gasteiger partial charge in [0.1, 0.15) is 0 Å². The van der Waals surface area contributed by atoms with E-state index in [0.29, 0.717) is 16.2 Å². The van der Waals surface area contributed by atoms with Crippen molar-refractivity contribution in [2.24, 2.45) is 39.9 Å². The first-order valence-corrected chi connectivity index (χ1v) is 14.6. The van der Waals surface area contributed by atoms with Crippen LogP contribution in [0.2, 0.25) is 0 Å². The topological polar surface area (TPSA) is 0 Å². The normalized spacial score (nSPS) is 31.3. The second kappa shape index (κ2) is 11.9. The van der Waals surface area contributed by atoms with Crippen LogP contribution in [0.5, 0.6) is 0 Å². The molecule has 5 atom stereocenters. The SMILES string of the molecule is CCCC1CC1CCCCC1(C)CC1(CC(C)C)CC(C)CCCCC(C)(CC)CC. The molecule has 0 aromatic heterocycles. The lowest BCUT2D eigenvalue weighted by Crippen LogP contribution is -2.18. The highest BCUT2D eigenvalue weighted by molar-refractivity contribution is 5.12. The van der Waals surface area contributed by atoms with E-state index in [4.69, 9.17) is 0 Å². The van der Waals surface area contributed by atoms with Crippen molar-refractivity contribution in [1.29, 1.82) is 0 Å². The first-order valence-electron chi connectivity index (χ1n) is 14.6. The fourth-order valence-corrected chi connectivity index (χ4v) is 7.29. The summed E-state index contributed by atoms with van der Waals surface area (Å²) in [6, 6.07) is 0. The van der Waals surface area contributed by atoms with E-state index in [1.165, 1.54) is 96.3 Å². The average Bonchev–Trinajstić information content (AvgIpc) is 3.58. The second-order valence-electron chi connectivity index (χ2n) is 13.5. The van der Waals surface area contributed by atoms with Crippen LogP contribution in [-0.2, 0) is 0 Å². The minimum Gasteiger partial charge on any atom is -0.0654 e. The van der Waals surface area contributed by atoms with E-state index in [2.05, 4.69) is 55.4 Å². The molecule has 0 amide bonds. The maximum Gasteiger partial charge on any atom is -0.0233 e. The number of hydrogen-bond acceptors (Lipinski definition) is 0. The second-order valence-corrected chi connectivity index (χ2v) is 13.5. The van der Waals surface area contributed by atoms with Gasteiger partial charge in [-0.1, -0.05) is 120 Å². The van der Waals surface area contributed by atoms with Gasteiger partial charge in [-0.3, -0.25) is 0 Å². The van der Waals surface area contributed by atoms with Gasteiger partial charge in [-0.05, 0) is 78.4 Å². The third kappa shape index (κ3) is 8.07. The Labute approximate surface area is 198 Å². The van der Waals surface area contributed by atoms with Crippen molar-refractivity contribution in [2.75, 3.05) is 0 Å². The zero-order valence-electron chi connectivity index (χ0n) is 23.1. The molecule has 5 unspecified atom stereocenters. The van der Waals surface area contributed by atoms with Crippen LogP contribution in [0.3, 0.4) is 0 Å². The van der Waals surface area contributed by atoms with Crippen LogP contribution in [0.15, 0.2) is 0 Å². The Balaban J connectivity index is 1.72. The van der Waals surface area contributed by atoms with Crippen LogP contribution in [0.25, 0.3) is 0 Å². The van der Waals surface area contributed by atoms with Gasteiger partial charge in [0.2, 0.25) is 0 Å². The Morgan fingerprint density at radius 2 is 1.55 bits per heavy atom. The van der Waals surface area contributed by atoms with Gasteiger partial charge in [0.15, 0.2) is 0 Å². The van der Waals surface area contributed by atoms with Crippen molar-refractivity contribution in [3.8, 4) is 0 Å². The zero-order chi connectivity index (χ0) is 23.1. The molecule has 0 heterocycles. The van der Waals surface area contributed by atoms with Gasteiger partial charge in [0.25, 0.3) is 0 Å². The highest BCUT2D eigenvalue weighted by Crippen LogP contribution is 2.72. The first-order chi connectivity index (χ1) is 14.6. The van der Waals surface area contributed by atoms with Gasteiger partial charge in [-0.2, -0.15) is 0 Å². The average molecular weight is 433 g/mol. The molecule has 184 valence electrons. The molecule has 2 aliphatic carbocycles. The van der Waals surface area contributed by atoms with E-state index >= 15 is 0 Å². The lowest BCUT2D eigenvalue weighted by molar-refractivity contribution is 0.218. The van der Waals surface area contributed by atoms with Crippen LogP contribution in [-0.4, -0.2) is 0 Å². The van der Waals surface area contributed by atoms with Crippen LogP contribution >= 0.6 is 0 Å². The fourth-order valence-electron chi connectivity index (χ4n) is 7.29. The summed E-state index contributed by atoms with van der Waals surface area (Å²) in [7, 11) is 0. The highest BCUT2D eigenvalue weighted by atomic mass is 14.7. The number of hydrogen-bond donors (Lipinski definition) is 0. The Bertz CT molecular complexity index is 500. The third-order valence-electron chi connectivity index (χ3n) is 10.1. The Kier molecular flexibility index (Phi) is 10.5. The molecule has 0 aromatic rings. The van der Waals surface area contributed by atoms with E-state index in [1.54, 1.807) is 6.42 Å². The maximum atomic E-state index is 2.66. The zero-order valence-corrected chi connectivity index (χ0v) is 23.1. The van der Waals surface area contributed by atoms with Gasteiger partial charge in [-0.25, -0.2) is 0 Å². The molecule has 2 fully saturated rings. The van der Waals surface area contributed by atoms with E-state index in [1.807, 2.05) is 0 Å². The first kappa shape index (κ1) is 27.2. The largest absolute Gasteiger partial charge is 0.0654 e. The standard InChI is InChI=1S/C31H60/c1-9-16-27-21-28(27)18-13-15-20-30(8)24-31(30,22-25(4)5)23-26(6)17-12-14-19-29(7,10-2)11-3/h25-28H,9-24H2,1-8H3. The molecular weight excluding hydrogens is 372 g/mol. The molecule has 0 radical (unpaired) electrons. The third-order valence-corrected chi connectivity index (χ3v) is 10.1. The Hall–Kier alpha value is 0. The molecule has 0 spiro atoms. The van der Waals surface area contributed by atoms with Crippen molar-refractivity contribution >= 4 is 0 Å². The monoisotopic (exact) mass is 432 g/mol. The van der Waals surface area contributed by atoms with Crippen molar-refractivity contribution in [3.05, 3.63) is 0 Å². The summed E-state index contributed by atoms with van der Waals surface area (Å²) < 4.78 is 0. The summed E-state index contributed by atoms with van der Waals surface area (Å²) in [5.74, 6) is 3.98. The van der Waals surface area contributed by atoms with Gasteiger partial charge in [0, 0.05) is 0 Å². The summed E-state index contributed by atoms with van der Waals surface area (Å²) in [4.78, 5) is 0. The minimum absolute atomic E-state index is 0.591. The quantitative estimate of drug-likeness (QED) is 0.189. The summed E-state index contributed by atoms with van der Waals surface area (Å²) in [6.45, 7) is 19.8. The Morgan fingerprint density at radius 1 is 0.871 bits per heavy atom. The molecule has 2 saturated carbocycles. The predicted octanol–water partition coefficient (Wildman–Crippen LogP) is 10.8. The van der Waals surface area contributed by atoms with E-state index in [9.17, 15) is 0 Å². The predicted molar refractivity (Wildman–Crippen MR) is 141 cm³/mol. The lowest BCUT2D eigenvalue weighted by Gasteiger charge is -2.29. The lowest BCUT2D eigenvalue weighted by atomic mass is 9.76. The Morgan fingerprint density at radius 3 is 2.16 bits per heavy atom. The summed E-state index contributed by atoms with van der Waals surface area (Å²) in [5, 5.41) is 0. The van der Waals surface area contributed by atoms with E-state index in [-0.39, 0.29) is 0 Å². The molecule has 0 heteroatoms. The number of unbranched alkanes of at least 4 members (excludes halogenated alkanes) is 2. The molecule has 31 heavy (non-hydrogen) atoms. The van der Waals surface area contributed by atoms with Crippen LogP contribution < -0.4 is 0 Å². The fraction of sp³-hybridized carbons (Fsp3) is 1.00. The maximum absolute atomic E-state index is 2.66. The van der Waals surface area contributed by atoms with Crippen molar-refractivity contribution in [2.45, 2.75) is 158 Å². The van der Waals surface area contributed by atoms with Gasteiger partial charge in [-0.15, -0.1) is 0 Å². The molecule has 0 aromatic carbocycles. The summed E-state index contributed by atoms with van der Waals surface area (Å²) in [6.07, 6.45) is 23.4. The number of rotatable bonds is 18. The summed E-state index contributed by atoms with van der Waals surface area (Å²) >= 11 is 0. The van der Waals surface area contributed by atoms with E-state index < -0.39 is 0 Å². The molecule has 2 aliphatic rings. The van der Waals surface area contributed by atoms with Gasteiger partial charge in [0.05, 0.1) is 0 Å². The van der Waals surface area contributed by atoms with Crippen molar-refractivity contribution in [1.82, 2.24) is 0 Å². The molecule has 0 bridgehead atoms. The highest BCUT2D eigenvalue weighted by Gasteiger charge is 2.62. The van der Waals surface area contributed by atoms with Gasteiger partial charge < -0.3 is 0 Å². The van der Waals surface area contributed by atoms with Crippen molar-refractivity contribution < 1.29 is 0 Å². The molecule has 0 aliphatic heterocycles.